The molecule has 2 rings (SSSR count). The first-order valence-corrected chi connectivity index (χ1v) is 9.34. The van der Waals surface area contributed by atoms with E-state index < -0.39 is 10.0 Å². The van der Waals surface area contributed by atoms with E-state index >= 15 is 0 Å². The predicted octanol–water partition coefficient (Wildman–Crippen LogP) is 1.23. The van der Waals surface area contributed by atoms with Crippen LogP contribution < -0.4 is 10.0 Å². The van der Waals surface area contributed by atoms with Crippen LogP contribution in [-0.2, 0) is 16.6 Å². The van der Waals surface area contributed by atoms with Gasteiger partial charge in [0.2, 0.25) is 10.0 Å². The molecule has 1 atom stereocenters. The van der Waals surface area contributed by atoms with Crippen molar-refractivity contribution in [3.63, 3.8) is 0 Å². The van der Waals surface area contributed by atoms with Gasteiger partial charge in [-0.05, 0) is 56.9 Å². The topological polar surface area (TPSA) is 61.4 Å². The van der Waals surface area contributed by atoms with Gasteiger partial charge in [0.1, 0.15) is 4.21 Å². The van der Waals surface area contributed by atoms with Gasteiger partial charge in [0.05, 0.1) is 0 Å². The fourth-order valence-corrected chi connectivity index (χ4v) is 4.96. The lowest BCUT2D eigenvalue weighted by Crippen LogP contribution is -2.40. The van der Waals surface area contributed by atoms with Crippen LogP contribution in [0.4, 0.5) is 0 Å². The van der Waals surface area contributed by atoms with E-state index in [4.69, 9.17) is 0 Å². The molecule has 0 bridgehead atoms. The van der Waals surface area contributed by atoms with Crippen molar-refractivity contribution in [2.24, 2.45) is 0 Å². The maximum atomic E-state index is 12.3. The fraction of sp³-hybridized carbons (Fsp3) is 0.692. The lowest BCUT2D eigenvalue weighted by molar-refractivity contribution is 0.313. The number of hydrogen-bond acceptors (Lipinski definition) is 5. The molecule has 1 aliphatic rings. The molecule has 7 heteroatoms. The highest BCUT2D eigenvalue weighted by Gasteiger charge is 2.22. The number of likely N-dealkylation sites (tertiary alicyclic amines) is 1. The van der Waals surface area contributed by atoms with Crippen LogP contribution in [-0.4, -0.2) is 46.0 Å². The minimum absolute atomic E-state index is 0.0621. The van der Waals surface area contributed by atoms with E-state index in [0.717, 1.165) is 25.2 Å². The van der Waals surface area contributed by atoms with E-state index in [1.807, 2.05) is 19.4 Å². The highest BCUT2D eigenvalue weighted by atomic mass is 32.2. The van der Waals surface area contributed by atoms with E-state index in [9.17, 15) is 8.42 Å². The van der Waals surface area contributed by atoms with Crippen LogP contribution in [0.25, 0.3) is 0 Å². The first-order valence-electron chi connectivity index (χ1n) is 6.98. The summed E-state index contributed by atoms with van der Waals surface area (Å²) in [4.78, 5) is 2.31. The molecule has 2 N–H and O–H groups in total. The molecule has 1 fully saturated rings. The molecule has 20 heavy (non-hydrogen) atoms. The number of nitrogens with zero attached hydrogens (tertiary/aromatic N) is 1. The Labute approximate surface area is 125 Å². The molecule has 2 heterocycles. The molecule has 0 aliphatic carbocycles. The molecule has 1 saturated heterocycles. The van der Waals surface area contributed by atoms with Crippen LogP contribution in [0.3, 0.4) is 0 Å². The Morgan fingerprint density at radius 2 is 2.10 bits per heavy atom. The van der Waals surface area contributed by atoms with Crippen molar-refractivity contribution in [3.8, 4) is 0 Å². The number of hydrogen-bond donors (Lipinski definition) is 2. The molecular formula is C13H23N3O2S2. The average molecular weight is 317 g/mol. The second-order valence-corrected chi connectivity index (χ2v) is 8.19. The normalized spacial score (nSPS) is 18.5. The van der Waals surface area contributed by atoms with E-state index in [0.29, 0.717) is 10.8 Å². The third kappa shape index (κ3) is 4.26. The Balaban J connectivity index is 1.94. The van der Waals surface area contributed by atoms with Crippen LogP contribution in [0, 0.1) is 0 Å². The monoisotopic (exact) mass is 317 g/mol. The molecule has 1 unspecified atom stereocenters. The molecule has 5 nitrogen and oxygen atoms in total. The smallest absolute Gasteiger partial charge is 0.250 e. The van der Waals surface area contributed by atoms with Crippen molar-refractivity contribution < 1.29 is 8.42 Å². The van der Waals surface area contributed by atoms with Crippen molar-refractivity contribution in [1.82, 2.24) is 14.9 Å². The summed E-state index contributed by atoms with van der Waals surface area (Å²) < 4.78 is 27.8. The highest BCUT2D eigenvalue weighted by Crippen LogP contribution is 2.20. The summed E-state index contributed by atoms with van der Waals surface area (Å²) in [5.41, 5.74) is 1.00. The van der Waals surface area contributed by atoms with E-state index in [1.54, 1.807) is 6.07 Å². The summed E-state index contributed by atoms with van der Waals surface area (Å²) in [7, 11) is -1.54. The maximum absolute atomic E-state index is 12.3. The molecule has 0 spiro atoms. The van der Waals surface area contributed by atoms with Gasteiger partial charge in [0.25, 0.3) is 0 Å². The van der Waals surface area contributed by atoms with Crippen molar-refractivity contribution in [3.05, 3.63) is 17.0 Å². The minimum Gasteiger partial charge on any atom is -0.316 e. The van der Waals surface area contributed by atoms with E-state index in [1.165, 1.54) is 24.2 Å². The van der Waals surface area contributed by atoms with Crippen molar-refractivity contribution in [1.29, 1.82) is 0 Å². The SMILES string of the molecule is CNCc1csc(S(=O)(=O)NC(C)CN2CCCC2)c1. The van der Waals surface area contributed by atoms with E-state index in [2.05, 4.69) is 14.9 Å². The molecule has 0 aromatic carbocycles. The molecule has 0 radical (unpaired) electrons. The van der Waals surface area contributed by atoms with Gasteiger partial charge in [-0.25, -0.2) is 13.1 Å². The van der Waals surface area contributed by atoms with Gasteiger partial charge in [0.15, 0.2) is 0 Å². The Morgan fingerprint density at radius 1 is 1.40 bits per heavy atom. The Bertz CT molecular complexity index is 521. The van der Waals surface area contributed by atoms with E-state index in [-0.39, 0.29) is 6.04 Å². The lowest BCUT2D eigenvalue weighted by atomic mass is 10.3. The zero-order valence-corrected chi connectivity index (χ0v) is 13.7. The van der Waals surface area contributed by atoms with Gasteiger partial charge in [-0.15, -0.1) is 11.3 Å². The molecule has 1 aromatic rings. The van der Waals surface area contributed by atoms with Crippen LogP contribution in [0.5, 0.6) is 0 Å². The van der Waals surface area contributed by atoms with Crippen molar-refractivity contribution >= 4 is 21.4 Å². The second kappa shape index (κ2) is 7.00. The summed E-state index contributed by atoms with van der Waals surface area (Å²) in [5, 5.41) is 4.91. The average Bonchev–Trinajstić information content (AvgIpc) is 3.00. The zero-order chi connectivity index (χ0) is 14.6. The minimum atomic E-state index is -3.38. The van der Waals surface area contributed by atoms with Gasteiger partial charge in [-0.2, -0.15) is 0 Å². The largest absolute Gasteiger partial charge is 0.316 e. The number of nitrogens with one attached hydrogen (secondary N) is 2. The standard InChI is InChI=1S/C13H23N3O2S2/c1-11(9-16-5-3-4-6-16)15-20(17,18)13-7-12(8-14-2)10-19-13/h7,10-11,14-15H,3-6,8-9H2,1-2H3. The van der Waals surface area contributed by atoms with Crippen LogP contribution in [0.1, 0.15) is 25.3 Å². The van der Waals surface area contributed by atoms with Gasteiger partial charge in [0, 0.05) is 19.1 Å². The van der Waals surface area contributed by atoms with Gasteiger partial charge in [-0.1, -0.05) is 0 Å². The van der Waals surface area contributed by atoms with Gasteiger partial charge in [-0.3, -0.25) is 0 Å². The molecular weight excluding hydrogens is 294 g/mol. The summed E-state index contributed by atoms with van der Waals surface area (Å²) >= 11 is 1.28. The van der Waals surface area contributed by atoms with Gasteiger partial charge >= 0.3 is 0 Å². The summed E-state index contributed by atoms with van der Waals surface area (Å²) in [5.74, 6) is 0. The fourth-order valence-electron chi connectivity index (χ4n) is 2.50. The van der Waals surface area contributed by atoms with Crippen molar-refractivity contribution in [2.45, 2.75) is 36.6 Å². The third-order valence-corrected chi connectivity index (χ3v) is 6.44. The third-order valence-electron chi connectivity index (χ3n) is 3.36. The maximum Gasteiger partial charge on any atom is 0.250 e. The molecule has 0 saturated carbocycles. The van der Waals surface area contributed by atoms with Crippen LogP contribution in [0.2, 0.25) is 0 Å². The number of sulfonamides is 1. The van der Waals surface area contributed by atoms with Gasteiger partial charge < -0.3 is 10.2 Å². The summed E-state index contributed by atoms with van der Waals surface area (Å²) in [6.07, 6.45) is 2.44. The Kier molecular flexibility index (Phi) is 5.57. The first kappa shape index (κ1) is 15.9. The second-order valence-electron chi connectivity index (χ2n) is 5.33. The summed E-state index contributed by atoms with van der Waals surface area (Å²) in [6.45, 7) is 5.57. The number of thiophene rings is 1. The number of rotatable bonds is 7. The Morgan fingerprint density at radius 3 is 2.75 bits per heavy atom. The quantitative estimate of drug-likeness (QED) is 0.794. The molecule has 114 valence electrons. The molecule has 1 aromatic heterocycles. The lowest BCUT2D eigenvalue weighted by Gasteiger charge is -2.20. The van der Waals surface area contributed by atoms with Crippen LogP contribution >= 0.6 is 11.3 Å². The zero-order valence-electron chi connectivity index (χ0n) is 12.1. The Hall–Kier alpha value is -0.470. The molecule has 0 amide bonds. The summed E-state index contributed by atoms with van der Waals surface area (Å²) in [6, 6.07) is 1.68. The molecule has 1 aliphatic heterocycles. The van der Waals surface area contributed by atoms with Crippen LogP contribution in [0.15, 0.2) is 15.7 Å². The first-order chi connectivity index (χ1) is 9.51. The predicted molar refractivity (Wildman–Crippen MR) is 82.5 cm³/mol. The van der Waals surface area contributed by atoms with Crippen molar-refractivity contribution in [2.75, 3.05) is 26.7 Å². The highest BCUT2D eigenvalue weighted by molar-refractivity contribution is 7.91.